The van der Waals surface area contributed by atoms with Gasteiger partial charge in [-0.1, -0.05) is 29.8 Å². The van der Waals surface area contributed by atoms with Crippen molar-refractivity contribution in [3.63, 3.8) is 0 Å². The lowest BCUT2D eigenvalue weighted by molar-refractivity contribution is -0.111. The van der Waals surface area contributed by atoms with Crippen molar-refractivity contribution in [1.29, 1.82) is 0 Å². The third kappa shape index (κ3) is 4.20. The highest BCUT2D eigenvalue weighted by atomic mass is 35.5. The molecule has 120 valence electrons. The number of carbonyl (C=O) groups excluding carboxylic acids is 2. The van der Waals surface area contributed by atoms with Gasteiger partial charge in [0.15, 0.2) is 0 Å². The molecular formula is C16H16ClN3O3. The number of amides is 1. The van der Waals surface area contributed by atoms with Crippen molar-refractivity contribution in [2.75, 3.05) is 11.9 Å². The van der Waals surface area contributed by atoms with Gasteiger partial charge < -0.3 is 10.1 Å². The number of anilines is 1. The Morgan fingerprint density at radius 3 is 2.83 bits per heavy atom. The van der Waals surface area contributed by atoms with Gasteiger partial charge in [-0.15, -0.1) is 0 Å². The Kier molecular flexibility index (Phi) is 5.54. The summed E-state index contributed by atoms with van der Waals surface area (Å²) in [6.07, 6.45) is 4.28. The van der Waals surface area contributed by atoms with E-state index in [-0.39, 0.29) is 18.0 Å². The Morgan fingerprint density at radius 2 is 2.13 bits per heavy atom. The van der Waals surface area contributed by atoms with Crippen LogP contribution >= 0.6 is 11.6 Å². The SMILES string of the molecule is CCOC(=O)c1cnn(C)c1NC(=O)/C=C/c1ccccc1Cl. The highest BCUT2D eigenvalue weighted by Crippen LogP contribution is 2.17. The number of nitrogens with zero attached hydrogens (tertiary/aromatic N) is 2. The molecule has 23 heavy (non-hydrogen) atoms. The van der Waals surface area contributed by atoms with Gasteiger partial charge in [0.05, 0.1) is 12.8 Å². The Balaban J connectivity index is 2.13. The summed E-state index contributed by atoms with van der Waals surface area (Å²) in [5.74, 6) is -0.665. The minimum Gasteiger partial charge on any atom is -0.462 e. The molecule has 0 atom stereocenters. The van der Waals surface area contributed by atoms with Gasteiger partial charge in [0.2, 0.25) is 5.91 Å². The zero-order chi connectivity index (χ0) is 16.8. The average Bonchev–Trinajstić information content (AvgIpc) is 2.88. The van der Waals surface area contributed by atoms with E-state index in [1.807, 2.05) is 6.07 Å². The minimum absolute atomic E-state index is 0.203. The summed E-state index contributed by atoms with van der Waals surface area (Å²) < 4.78 is 6.33. The van der Waals surface area contributed by atoms with Crippen molar-refractivity contribution in [2.45, 2.75) is 6.92 Å². The monoisotopic (exact) mass is 333 g/mol. The average molecular weight is 334 g/mol. The molecule has 0 fully saturated rings. The predicted octanol–water partition coefficient (Wildman–Crippen LogP) is 2.90. The summed E-state index contributed by atoms with van der Waals surface area (Å²) in [6.45, 7) is 1.95. The molecule has 1 amide bonds. The third-order valence-electron chi connectivity index (χ3n) is 3.00. The van der Waals surface area contributed by atoms with Crippen LogP contribution in [0.25, 0.3) is 6.08 Å². The van der Waals surface area contributed by atoms with Crippen molar-refractivity contribution in [2.24, 2.45) is 7.05 Å². The number of hydrogen-bond donors (Lipinski definition) is 1. The number of esters is 1. The van der Waals surface area contributed by atoms with Crippen LogP contribution in [0.4, 0.5) is 5.82 Å². The van der Waals surface area contributed by atoms with Gasteiger partial charge in [-0.05, 0) is 24.6 Å². The Morgan fingerprint density at radius 1 is 1.39 bits per heavy atom. The number of ether oxygens (including phenoxy) is 1. The first-order valence-electron chi connectivity index (χ1n) is 6.95. The van der Waals surface area contributed by atoms with E-state index in [9.17, 15) is 9.59 Å². The van der Waals surface area contributed by atoms with Gasteiger partial charge in [-0.2, -0.15) is 5.10 Å². The van der Waals surface area contributed by atoms with E-state index >= 15 is 0 Å². The van der Waals surface area contributed by atoms with Crippen LogP contribution in [0.15, 0.2) is 36.5 Å². The van der Waals surface area contributed by atoms with Crippen molar-refractivity contribution in [1.82, 2.24) is 9.78 Å². The number of aryl methyl sites for hydroxylation is 1. The molecule has 0 saturated heterocycles. The maximum absolute atomic E-state index is 12.0. The van der Waals surface area contributed by atoms with Crippen LogP contribution in [0.3, 0.4) is 0 Å². The quantitative estimate of drug-likeness (QED) is 0.674. The van der Waals surface area contributed by atoms with Crippen LogP contribution in [-0.4, -0.2) is 28.3 Å². The first-order valence-corrected chi connectivity index (χ1v) is 7.33. The molecule has 0 aliphatic heterocycles. The smallest absolute Gasteiger partial charge is 0.343 e. The zero-order valence-corrected chi connectivity index (χ0v) is 13.5. The second-order valence-corrected chi connectivity index (χ2v) is 5.00. The molecular weight excluding hydrogens is 318 g/mol. The molecule has 0 aliphatic carbocycles. The van der Waals surface area contributed by atoms with Gasteiger partial charge in [-0.3, -0.25) is 9.48 Å². The summed E-state index contributed by atoms with van der Waals surface area (Å²) >= 11 is 6.02. The number of benzene rings is 1. The molecule has 7 heteroatoms. The lowest BCUT2D eigenvalue weighted by atomic mass is 10.2. The molecule has 0 radical (unpaired) electrons. The maximum atomic E-state index is 12.0. The third-order valence-corrected chi connectivity index (χ3v) is 3.34. The van der Waals surface area contributed by atoms with E-state index in [1.165, 1.54) is 17.0 Å². The van der Waals surface area contributed by atoms with Gasteiger partial charge in [-0.25, -0.2) is 4.79 Å². The minimum atomic E-state index is -0.536. The second kappa shape index (κ2) is 7.60. The molecule has 1 heterocycles. The van der Waals surface area contributed by atoms with Crippen LogP contribution in [0.1, 0.15) is 22.8 Å². The van der Waals surface area contributed by atoms with Gasteiger partial charge in [0, 0.05) is 18.1 Å². The van der Waals surface area contributed by atoms with Crippen molar-refractivity contribution in [3.8, 4) is 0 Å². The predicted molar refractivity (Wildman–Crippen MR) is 88.3 cm³/mol. The molecule has 0 aliphatic rings. The number of rotatable bonds is 5. The normalized spacial score (nSPS) is 10.7. The lowest BCUT2D eigenvalue weighted by Gasteiger charge is -2.06. The standard InChI is InChI=1S/C16H16ClN3O3/c1-3-23-16(22)12-10-18-20(2)15(12)19-14(21)9-8-11-6-4-5-7-13(11)17/h4-10H,3H2,1-2H3,(H,19,21)/b9-8+. The Bertz CT molecular complexity index is 753. The maximum Gasteiger partial charge on any atom is 0.343 e. The van der Waals surface area contributed by atoms with Crippen LogP contribution in [0, 0.1) is 0 Å². The molecule has 1 N–H and O–H groups in total. The fraction of sp³-hybridized carbons (Fsp3) is 0.188. The number of halogens is 1. The fourth-order valence-corrected chi connectivity index (χ4v) is 2.08. The molecule has 2 rings (SSSR count). The molecule has 0 bridgehead atoms. The van der Waals surface area contributed by atoms with Crippen molar-refractivity contribution < 1.29 is 14.3 Å². The number of hydrogen-bond acceptors (Lipinski definition) is 4. The topological polar surface area (TPSA) is 73.2 Å². The molecule has 2 aromatic rings. The van der Waals surface area contributed by atoms with Crippen LogP contribution < -0.4 is 5.32 Å². The summed E-state index contributed by atoms with van der Waals surface area (Å²) in [4.78, 5) is 23.9. The first kappa shape index (κ1) is 16.8. The highest BCUT2D eigenvalue weighted by molar-refractivity contribution is 6.32. The summed E-state index contributed by atoms with van der Waals surface area (Å²) in [6, 6.07) is 7.16. The number of aromatic nitrogens is 2. The lowest BCUT2D eigenvalue weighted by Crippen LogP contribution is -2.15. The molecule has 0 saturated carbocycles. The highest BCUT2D eigenvalue weighted by Gasteiger charge is 2.18. The zero-order valence-electron chi connectivity index (χ0n) is 12.7. The van der Waals surface area contributed by atoms with Crippen LogP contribution in [0.2, 0.25) is 5.02 Å². The Labute approximate surface area is 138 Å². The fourth-order valence-electron chi connectivity index (χ4n) is 1.88. The Hall–Kier alpha value is -2.60. The van der Waals surface area contributed by atoms with Crippen molar-refractivity contribution in [3.05, 3.63) is 52.7 Å². The van der Waals surface area contributed by atoms with E-state index in [0.29, 0.717) is 5.02 Å². The first-order chi connectivity index (χ1) is 11.0. The molecule has 0 spiro atoms. The summed E-state index contributed by atoms with van der Waals surface area (Å²) in [7, 11) is 1.62. The van der Waals surface area contributed by atoms with Crippen LogP contribution in [-0.2, 0) is 16.6 Å². The van der Waals surface area contributed by atoms with E-state index in [2.05, 4.69) is 10.4 Å². The molecule has 6 nitrogen and oxygen atoms in total. The van der Waals surface area contributed by atoms with Gasteiger partial charge in [0.25, 0.3) is 0 Å². The van der Waals surface area contributed by atoms with Crippen LogP contribution in [0.5, 0.6) is 0 Å². The molecule has 1 aromatic heterocycles. The number of nitrogens with one attached hydrogen (secondary N) is 1. The second-order valence-electron chi connectivity index (χ2n) is 4.60. The largest absolute Gasteiger partial charge is 0.462 e. The molecule has 1 aromatic carbocycles. The number of carbonyl (C=O) groups is 2. The van der Waals surface area contributed by atoms with E-state index < -0.39 is 11.9 Å². The van der Waals surface area contributed by atoms with E-state index in [4.69, 9.17) is 16.3 Å². The van der Waals surface area contributed by atoms with E-state index in [0.717, 1.165) is 5.56 Å². The molecule has 0 unspecified atom stereocenters. The summed E-state index contributed by atoms with van der Waals surface area (Å²) in [5, 5.41) is 7.13. The summed E-state index contributed by atoms with van der Waals surface area (Å²) in [5.41, 5.74) is 0.925. The van der Waals surface area contributed by atoms with Gasteiger partial charge >= 0.3 is 5.97 Å². The van der Waals surface area contributed by atoms with Crippen molar-refractivity contribution >= 4 is 35.4 Å². The van der Waals surface area contributed by atoms with E-state index in [1.54, 1.807) is 38.2 Å². The van der Waals surface area contributed by atoms with Gasteiger partial charge in [0.1, 0.15) is 11.4 Å².